The smallest absolute Gasteiger partial charge is 0.253 e. The van der Waals surface area contributed by atoms with Crippen LogP contribution in [0.15, 0.2) is 104 Å². The van der Waals surface area contributed by atoms with Crippen molar-refractivity contribution in [3.63, 3.8) is 0 Å². The molecule has 3 aliphatic heterocycles. The van der Waals surface area contributed by atoms with Gasteiger partial charge in [0.15, 0.2) is 0 Å². The number of aliphatic hydroxyl groups is 1. The van der Waals surface area contributed by atoms with Crippen molar-refractivity contribution in [1.29, 1.82) is 0 Å². The molecule has 3 saturated heterocycles. The molecule has 2 bridgehead atoms. The predicted molar refractivity (Wildman–Crippen MR) is 212 cm³/mol. The number of likely N-dealkylation sites (tertiary alicyclic amines) is 1. The third kappa shape index (κ3) is 6.79. The summed E-state index contributed by atoms with van der Waals surface area (Å²) in [7, 11) is 0. The fourth-order valence-corrected chi connectivity index (χ4v) is 9.49. The van der Waals surface area contributed by atoms with Crippen molar-refractivity contribution in [2.75, 3.05) is 54.1 Å². The first kappa shape index (κ1) is 38.3. The molecule has 10 nitrogen and oxygen atoms in total. The van der Waals surface area contributed by atoms with Crippen LogP contribution < -0.4 is 19.4 Å². The van der Waals surface area contributed by atoms with E-state index in [0.717, 1.165) is 18.8 Å². The lowest BCUT2D eigenvalue weighted by Crippen LogP contribution is -2.58. The van der Waals surface area contributed by atoms with E-state index < -0.39 is 48.1 Å². The fourth-order valence-electron chi connectivity index (χ4n) is 8.55. The molecule has 1 N–H and O–H groups in total. The zero-order valence-electron chi connectivity index (χ0n) is 30.6. The largest absolute Gasteiger partial charge is 0.494 e. The molecule has 11 heteroatoms. The summed E-state index contributed by atoms with van der Waals surface area (Å²) in [6, 6.07) is 22.2. The highest BCUT2D eigenvalue weighted by Gasteiger charge is 2.77. The van der Waals surface area contributed by atoms with Crippen LogP contribution in [0, 0.1) is 11.8 Å². The molecule has 3 aromatic rings. The molecule has 1 spiro atoms. The van der Waals surface area contributed by atoms with E-state index in [0.29, 0.717) is 35.7 Å². The molecule has 0 aromatic heterocycles. The van der Waals surface area contributed by atoms with Gasteiger partial charge in [0.1, 0.15) is 17.4 Å². The van der Waals surface area contributed by atoms with Gasteiger partial charge < -0.3 is 34.2 Å². The van der Waals surface area contributed by atoms with Crippen LogP contribution in [0.5, 0.6) is 5.75 Å². The van der Waals surface area contributed by atoms with Gasteiger partial charge in [-0.3, -0.25) is 14.4 Å². The van der Waals surface area contributed by atoms with Gasteiger partial charge in [-0.05, 0) is 81.3 Å². The maximum Gasteiger partial charge on any atom is 0.253 e. The fraction of sp³-hybridized carbons (Fsp3) is 0.405. The number of nitrogens with zero attached hydrogens (tertiary/aromatic N) is 4. The number of aliphatic hydroxyl groups excluding tert-OH is 1. The van der Waals surface area contributed by atoms with Crippen LogP contribution in [0.25, 0.3) is 0 Å². The molecule has 3 unspecified atom stereocenters. The summed E-state index contributed by atoms with van der Waals surface area (Å²) >= 11 is 3.81. The van der Waals surface area contributed by atoms with Gasteiger partial charge in [-0.1, -0.05) is 58.4 Å². The summed E-state index contributed by atoms with van der Waals surface area (Å²) in [4.78, 5) is 51.9. The molecule has 0 radical (unpaired) electrons. The van der Waals surface area contributed by atoms with Gasteiger partial charge in [0.2, 0.25) is 11.8 Å². The second-order valence-corrected chi connectivity index (χ2v) is 14.8. The minimum atomic E-state index is -1.35. The van der Waals surface area contributed by atoms with Crippen LogP contribution in [0.4, 0.5) is 17.1 Å². The van der Waals surface area contributed by atoms with Gasteiger partial charge in [0.25, 0.3) is 5.91 Å². The van der Waals surface area contributed by atoms with Crippen LogP contribution in [-0.4, -0.2) is 89.7 Å². The average Bonchev–Trinajstić information content (AvgIpc) is 3.78. The number of ether oxygens (including phenoxy) is 2. The average molecular weight is 786 g/mol. The Morgan fingerprint density at radius 3 is 2.04 bits per heavy atom. The number of hydrogen-bond acceptors (Lipinski definition) is 7. The maximum atomic E-state index is 15.3. The first-order chi connectivity index (χ1) is 25.7. The Morgan fingerprint density at radius 1 is 0.925 bits per heavy atom. The minimum absolute atomic E-state index is 0.173. The quantitative estimate of drug-likeness (QED) is 0.137. The second kappa shape index (κ2) is 16.3. The highest BCUT2D eigenvalue weighted by molar-refractivity contribution is 9.09. The predicted octanol–water partition coefficient (Wildman–Crippen LogP) is 6.15. The molecule has 280 valence electrons. The van der Waals surface area contributed by atoms with Crippen molar-refractivity contribution in [3.8, 4) is 5.75 Å². The number of hydrogen-bond donors (Lipinski definition) is 1. The molecule has 3 fully saturated rings. The Labute approximate surface area is 320 Å². The number of halogens is 1. The van der Waals surface area contributed by atoms with Gasteiger partial charge in [-0.2, -0.15) is 0 Å². The topological polar surface area (TPSA) is 103 Å². The van der Waals surface area contributed by atoms with E-state index in [2.05, 4.69) is 47.8 Å². The standard InChI is InChI=1S/C42H49BrN4O6/c1-6-24-45(31-20-22-32(23-21-31)52-10-5)39(49)35-36-40(50)47(34(27-48)28-14-12-11-13-15-28)38(42(36)26-33(43)37(35)53-42)41(51)46(25-7-2)30-18-16-29(17-19-30)44(8-3)9-4/h6-7,11-23,33-38,48H,1-2,8-10,24-27H2,3-5H3/t33?,34-,35+,36+,37+,38?,42?/m1/s1. The molecule has 3 aromatic carbocycles. The number of alkyl halides is 1. The monoisotopic (exact) mass is 784 g/mol. The van der Waals surface area contributed by atoms with Crippen molar-refractivity contribution in [2.24, 2.45) is 11.8 Å². The highest BCUT2D eigenvalue weighted by atomic mass is 79.9. The number of carbonyl (C=O) groups excluding carboxylic acids is 3. The lowest BCUT2D eigenvalue weighted by molar-refractivity contribution is -0.144. The summed E-state index contributed by atoms with van der Waals surface area (Å²) in [6.45, 7) is 16.1. The van der Waals surface area contributed by atoms with Crippen LogP contribution in [0.1, 0.15) is 38.8 Å². The molecular weight excluding hydrogens is 736 g/mol. The van der Waals surface area contributed by atoms with Crippen LogP contribution >= 0.6 is 15.9 Å². The van der Waals surface area contributed by atoms with Crippen molar-refractivity contribution < 1.29 is 29.0 Å². The minimum Gasteiger partial charge on any atom is -0.494 e. The van der Waals surface area contributed by atoms with Gasteiger partial charge in [0, 0.05) is 48.1 Å². The van der Waals surface area contributed by atoms with Crippen LogP contribution in [-0.2, 0) is 19.1 Å². The molecular formula is C42H49BrN4O6. The Morgan fingerprint density at radius 2 is 1.49 bits per heavy atom. The van der Waals surface area contributed by atoms with E-state index in [1.165, 1.54) is 4.90 Å². The van der Waals surface area contributed by atoms with Gasteiger partial charge in [0.05, 0.1) is 37.2 Å². The molecule has 53 heavy (non-hydrogen) atoms. The Balaban J connectivity index is 1.45. The van der Waals surface area contributed by atoms with Crippen LogP contribution in [0.2, 0.25) is 0 Å². The van der Waals surface area contributed by atoms with Gasteiger partial charge >= 0.3 is 0 Å². The first-order valence-electron chi connectivity index (χ1n) is 18.4. The molecule has 3 heterocycles. The van der Waals surface area contributed by atoms with E-state index in [1.807, 2.05) is 73.7 Å². The van der Waals surface area contributed by atoms with Crippen molar-refractivity contribution in [3.05, 3.63) is 110 Å². The first-order valence-corrected chi connectivity index (χ1v) is 19.3. The Hall–Kier alpha value is -4.45. The number of carbonyl (C=O) groups is 3. The lowest BCUT2D eigenvalue weighted by Gasteiger charge is -2.39. The summed E-state index contributed by atoms with van der Waals surface area (Å²) in [6.07, 6.45) is 2.96. The molecule has 3 aliphatic rings. The lowest BCUT2D eigenvalue weighted by atomic mass is 9.70. The summed E-state index contributed by atoms with van der Waals surface area (Å²) in [5.41, 5.74) is 1.62. The van der Waals surface area contributed by atoms with E-state index in [-0.39, 0.29) is 29.7 Å². The summed E-state index contributed by atoms with van der Waals surface area (Å²) < 4.78 is 12.5. The van der Waals surface area contributed by atoms with Crippen molar-refractivity contribution >= 4 is 50.7 Å². The zero-order chi connectivity index (χ0) is 37.9. The second-order valence-electron chi connectivity index (χ2n) is 13.6. The van der Waals surface area contributed by atoms with Crippen molar-refractivity contribution in [1.82, 2.24) is 4.90 Å². The molecule has 6 rings (SSSR count). The number of rotatable bonds is 16. The Bertz CT molecular complexity index is 1790. The zero-order valence-corrected chi connectivity index (χ0v) is 32.2. The van der Waals surface area contributed by atoms with E-state index >= 15 is 9.59 Å². The number of anilines is 3. The third-order valence-electron chi connectivity index (χ3n) is 10.8. The van der Waals surface area contributed by atoms with Crippen molar-refractivity contribution in [2.45, 2.75) is 55.8 Å². The SMILES string of the molecule is C=CCN(C(=O)C1N([C@H](CO)c2ccccc2)C(=O)[C@@H]2[C@H](C(=O)N(CC=C)c3ccc(OCC)cc3)[C@H]3OC12CC3Br)c1ccc(N(CC)CC)cc1. The normalized spacial score (nSPS) is 24.7. The Kier molecular flexibility index (Phi) is 11.8. The maximum absolute atomic E-state index is 15.3. The van der Waals surface area contributed by atoms with E-state index in [4.69, 9.17) is 9.47 Å². The van der Waals surface area contributed by atoms with Gasteiger partial charge in [-0.25, -0.2) is 0 Å². The van der Waals surface area contributed by atoms with E-state index in [1.54, 1.807) is 34.1 Å². The molecule has 7 atom stereocenters. The van der Waals surface area contributed by atoms with E-state index in [9.17, 15) is 9.90 Å². The molecule has 0 saturated carbocycles. The van der Waals surface area contributed by atoms with Gasteiger partial charge in [-0.15, -0.1) is 13.2 Å². The highest BCUT2D eigenvalue weighted by Crippen LogP contribution is 2.61. The number of benzene rings is 3. The number of fused-ring (bicyclic) bond motifs is 1. The number of amides is 3. The summed E-state index contributed by atoms with van der Waals surface area (Å²) in [5, 5.41) is 11.0. The van der Waals surface area contributed by atoms with Crippen LogP contribution in [0.3, 0.4) is 0 Å². The molecule has 3 amide bonds. The molecule has 0 aliphatic carbocycles. The summed E-state index contributed by atoms with van der Waals surface area (Å²) in [5.74, 6) is -2.28. The third-order valence-corrected chi connectivity index (χ3v) is 11.7.